The zero-order valence-corrected chi connectivity index (χ0v) is 18.0. The Balaban J connectivity index is 0.000000410. The van der Waals surface area contributed by atoms with Crippen molar-refractivity contribution in [1.29, 1.82) is 0 Å². The van der Waals surface area contributed by atoms with Gasteiger partial charge in [-0.1, -0.05) is 61.5 Å². The molecule has 0 spiro atoms. The summed E-state index contributed by atoms with van der Waals surface area (Å²) in [6.45, 7) is 3.73. The smallest absolute Gasteiger partial charge is 0.335 e. The lowest BCUT2D eigenvalue weighted by Gasteiger charge is -1.90. The normalized spacial score (nSPS) is 9.84. The van der Waals surface area contributed by atoms with Crippen LogP contribution in [-0.4, -0.2) is 44.4 Å². The van der Waals surface area contributed by atoms with Crippen LogP contribution in [0, 0.1) is 0 Å². The fourth-order valence-corrected chi connectivity index (χ4v) is 1.74. The van der Waals surface area contributed by atoms with Crippen molar-refractivity contribution in [2.24, 2.45) is 0 Å². The van der Waals surface area contributed by atoms with E-state index in [0.29, 0.717) is 16.7 Å². The highest BCUT2D eigenvalue weighted by atomic mass is 16.4. The Hall–Kier alpha value is -3.97. The Morgan fingerprint density at radius 1 is 0.594 bits per heavy atom. The number of aliphatic hydroxyl groups excluding tert-OH is 1. The second-order valence-corrected chi connectivity index (χ2v) is 6.27. The third-order valence-electron chi connectivity index (χ3n) is 3.65. The molecular weight excluding hydrogens is 412 g/mol. The summed E-state index contributed by atoms with van der Waals surface area (Å²) < 4.78 is 0. The minimum atomic E-state index is -0.879. The minimum Gasteiger partial charge on any atom is -0.478 e. The van der Waals surface area contributed by atoms with Crippen LogP contribution in [0.5, 0.6) is 0 Å². The maximum absolute atomic E-state index is 10.2. The SMILES string of the molecule is CCC(C)O.O=C(O)c1ccccc1.O=C(O)c1ccccc1.O=C(O)c1ccccc1. The lowest BCUT2D eigenvalue weighted by atomic mass is 10.2. The van der Waals surface area contributed by atoms with Crippen LogP contribution in [0.1, 0.15) is 51.3 Å². The van der Waals surface area contributed by atoms with Crippen molar-refractivity contribution in [2.45, 2.75) is 26.4 Å². The molecule has 7 nitrogen and oxygen atoms in total. The first-order valence-corrected chi connectivity index (χ1v) is 9.72. The second-order valence-electron chi connectivity index (χ2n) is 6.27. The van der Waals surface area contributed by atoms with E-state index in [0.717, 1.165) is 6.42 Å². The average Bonchev–Trinajstić information content (AvgIpc) is 2.82. The molecule has 0 heterocycles. The summed E-state index contributed by atoms with van der Waals surface area (Å²) in [5.41, 5.74) is 0.993. The average molecular weight is 440 g/mol. The van der Waals surface area contributed by atoms with Gasteiger partial charge >= 0.3 is 17.9 Å². The number of aromatic carboxylic acids is 3. The van der Waals surface area contributed by atoms with Crippen molar-refractivity contribution in [3.05, 3.63) is 108 Å². The van der Waals surface area contributed by atoms with Gasteiger partial charge in [-0.05, 0) is 49.7 Å². The van der Waals surface area contributed by atoms with Crippen molar-refractivity contribution in [3.8, 4) is 0 Å². The van der Waals surface area contributed by atoms with Gasteiger partial charge < -0.3 is 20.4 Å². The van der Waals surface area contributed by atoms with E-state index < -0.39 is 17.9 Å². The highest BCUT2D eigenvalue weighted by Crippen LogP contribution is 1.97. The largest absolute Gasteiger partial charge is 0.478 e. The highest BCUT2D eigenvalue weighted by molar-refractivity contribution is 5.88. The molecule has 1 unspecified atom stereocenters. The number of carboxylic acid groups (broad SMARTS) is 3. The van der Waals surface area contributed by atoms with E-state index in [1.807, 2.05) is 6.92 Å². The maximum atomic E-state index is 10.2. The van der Waals surface area contributed by atoms with Gasteiger partial charge in [-0.2, -0.15) is 0 Å². The van der Waals surface area contributed by atoms with Gasteiger partial charge in [-0.15, -0.1) is 0 Å². The van der Waals surface area contributed by atoms with Crippen molar-refractivity contribution >= 4 is 17.9 Å². The standard InChI is InChI=1S/3C7H6O2.C4H10O/c3*8-7(9)6-4-2-1-3-5-6;1-3-4(2)5/h3*1-5H,(H,8,9);4-5H,3H2,1-2H3. The van der Waals surface area contributed by atoms with Crippen molar-refractivity contribution in [1.82, 2.24) is 0 Å². The first kappa shape index (κ1) is 28.0. The van der Waals surface area contributed by atoms with E-state index in [-0.39, 0.29) is 6.10 Å². The van der Waals surface area contributed by atoms with Crippen LogP contribution in [0.15, 0.2) is 91.0 Å². The molecule has 0 radical (unpaired) electrons. The highest BCUT2D eigenvalue weighted by Gasteiger charge is 1.98. The Morgan fingerprint density at radius 3 is 0.875 bits per heavy atom. The predicted octanol–water partition coefficient (Wildman–Crippen LogP) is 4.93. The van der Waals surface area contributed by atoms with Gasteiger partial charge in [0.2, 0.25) is 0 Å². The molecule has 0 amide bonds. The summed E-state index contributed by atoms with van der Waals surface area (Å²) in [5.74, 6) is -2.64. The molecule has 0 bridgehead atoms. The number of hydrogen-bond acceptors (Lipinski definition) is 4. The number of rotatable bonds is 4. The Kier molecular flexibility index (Phi) is 14.7. The van der Waals surface area contributed by atoms with Gasteiger partial charge in [0.1, 0.15) is 0 Å². The van der Waals surface area contributed by atoms with E-state index in [1.165, 1.54) is 0 Å². The maximum Gasteiger partial charge on any atom is 0.335 e. The third-order valence-corrected chi connectivity index (χ3v) is 3.65. The van der Waals surface area contributed by atoms with Crippen LogP contribution >= 0.6 is 0 Å². The van der Waals surface area contributed by atoms with Crippen molar-refractivity contribution in [2.75, 3.05) is 0 Å². The molecular formula is C25H28O7. The zero-order valence-electron chi connectivity index (χ0n) is 18.0. The second kappa shape index (κ2) is 16.8. The molecule has 0 aliphatic heterocycles. The van der Waals surface area contributed by atoms with Crippen LogP contribution in [-0.2, 0) is 0 Å². The van der Waals surface area contributed by atoms with E-state index in [1.54, 1.807) is 97.9 Å². The van der Waals surface area contributed by atoms with Gasteiger partial charge in [0, 0.05) is 0 Å². The first-order chi connectivity index (χ1) is 15.2. The summed E-state index contributed by atoms with van der Waals surface area (Å²) in [6, 6.07) is 24.9. The summed E-state index contributed by atoms with van der Waals surface area (Å²) in [6.07, 6.45) is 0.745. The van der Waals surface area contributed by atoms with Crippen LogP contribution in [0.3, 0.4) is 0 Å². The molecule has 0 aliphatic carbocycles. The monoisotopic (exact) mass is 440 g/mol. The van der Waals surface area contributed by atoms with Crippen molar-refractivity contribution < 1.29 is 34.8 Å². The van der Waals surface area contributed by atoms with E-state index in [4.69, 9.17) is 20.4 Å². The molecule has 0 saturated heterocycles. The third kappa shape index (κ3) is 14.1. The molecule has 170 valence electrons. The lowest BCUT2D eigenvalue weighted by Crippen LogP contribution is -1.93. The van der Waals surface area contributed by atoms with Crippen LogP contribution < -0.4 is 0 Å². The molecule has 3 rings (SSSR count). The topological polar surface area (TPSA) is 132 Å². The number of benzene rings is 3. The summed E-state index contributed by atoms with van der Waals surface area (Å²) in [4.78, 5) is 30.6. The Bertz CT molecular complexity index is 791. The van der Waals surface area contributed by atoms with Crippen molar-refractivity contribution in [3.63, 3.8) is 0 Å². The van der Waals surface area contributed by atoms with E-state index >= 15 is 0 Å². The Morgan fingerprint density at radius 2 is 0.781 bits per heavy atom. The molecule has 0 saturated carbocycles. The fraction of sp³-hybridized carbons (Fsp3) is 0.160. The van der Waals surface area contributed by atoms with Crippen LogP contribution in [0.2, 0.25) is 0 Å². The molecule has 7 heteroatoms. The number of hydrogen-bond donors (Lipinski definition) is 4. The van der Waals surface area contributed by atoms with Gasteiger partial charge in [0.15, 0.2) is 0 Å². The van der Waals surface area contributed by atoms with E-state index in [2.05, 4.69) is 0 Å². The van der Waals surface area contributed by atoms with Gasteiger partial charge in [0.25, 0.3) is 0 Å². The molecule has 0 aliphatic rings. The van der Waals surface area contributed by atoms with E-state index in [9.17, 15) is 14.4 Å². The molecule has 4 N–H and O–H groups in total. The first-order valence-electron chi connectivity index (χ1n) is 9.72. The zero-order chi connectivity index (χ0) is 24.4. The predicted molar refractivity (Wildman–Crippen MR) is 122 cm³/mol. The quantitative estimate of drug-likeness (QED) is 0.452. The van der Waals surface area contributed by atoms with Gasteiger partial charge in [0.05, 0.1) is 22.8 Å². The van der Waals surface area contributed by atoms with Gasteiger partial charge in [-0.3, -0.25) is 0 Å². The fourth-order valence-electron chi connectivity index (χ4n) is 1.74. The Labute approximate surface area is 187 Å². The molecule has 1 atom stereocenters. The number of carbonyl (C=O) groups is 3. The number of aliphatic hydroxyl groups is 1. The van der Waals surface area contributed by atoms with Crippen LogP contribution in [0.4, 0.5) is 0 Å². The molecule has 32 heavy (non-hydrogen) atoms. The van der Waals surface area contributed by atoms with Gasteiger partial charge in [-0.25, -0.2) is 14.4 Å². The lowest BCUT2D eigenvalue weighted by molar-refractivity contribution is 0.0686. The summed E-state index contributed by atoms with van der Waals surface area (Å²) in [7, 11) is 0. The minimum absolute atomic E-state index is 0.116. The summed E-state index contributed by atoms with van der Waals surface area (Å²) in [5, 5.41) is 33.5. The summed E-state index contributed by atoms with van der Waals surface area (Å²) >= 11 is 0. The number of carboxylic acids is 3. The molecule has 3 aromatic carbocycles. The van der Waals surface area contributed by atoms with Crippen LogP contribution in [0.25, 0.3) is 0 Å². The molecule has 3 aromatic rings. The molecule has 0 fully saturated rings. The molecule has 0 aromatic heterocycles.